The Labute approximate surface area is 172 Å². The minimum Gasteiger partial charge on any atom is -0.357 e. The molecule has 27 heavy (non-hydrogen) atoms. The van der Waals surface area contributed by atoms with Crippen molar-refractivity contribution in [3.8, 4) is 0 Å². The first-order valence-corrected chi connectivity index (χ1v) is 11.3. The molecule has 1 aliphatic carbocycles. The first-order chi connectivity index (χ1) is 13.1. The summed E-state index contributed by atoms with van der Waals surface area (Å²) in [5, 5.41) is 3.92. The lowest BCUT2D eigenvalue weighted by Crippen LogP contribution is -2.34. The standard InChI is InChI=1S/C19H32ClN5OS/c1-25(15-9-5-4-6-10-15)17-13-16(20)23-19(24-17)27-14-18(26)22-12-8-3-2-7-11-21/h13,15H,2-12,14,21H2,1H3,(H,22,26). The van der Waals surface area contributed by atoms with Crippen LogP contribution < -0.4 is 16.0 Å². The highest BCUT2D eigenvalue weighted by Gasteiger charge is 2.20. The highest BCUT2D eigenvalue weighted by atomic mass is 35.5. The van der Waals surface area contributed by atoms with Crippen molar-refractivity contribution in [1.29, 1.82) is 0 Å². The molecule has 0 saturated heterocycles. The van der Waals surface area contributed by atoms with Gasteiger partial charge >= 0.3 is 0 Å². The molecule has 8 heteroatoms. The number of hydrogen-bond acceptors (Lipinski definition) is 6. The van der Waals surface area contributed by atoms with E-state index in [0.717, 1.165) is 38.0 Å². The van der Waals surface area contributed by atoms with E-state index in [1.807, 2.05) is 6.07 Å². The van der Waals surface area contributed by atoms with E-state index in [9.17, 15) is 4.79 Å². The Balaban J connectivity index is 1.78. The van der Waals surface area contributed by atoms with Crippen LogP contribution in [-0.2, 0) is 4.79 Å². The summed E-state index contributed by atoms with van der Waals surface area (Å²) in [4.78, 5) is 23.1. The van der Waals surface area contributed by atoms with Crippen LogP contribution in [0.1, 0.15) is 57.8 Å². The Bertz CT molecular complexity index is 583. The van der Waals surface area contributed by atoms with E-state index in [2.05, 4.69) is 27.2 Å². The van der Waals surface area contributed by atoms with Gasteiger partial charge in [0.15, 0.2) is 5.16 Å². The molecule has 0 radical (unpaired) electrons. The van der Waals surface area contributed by atoms with Crippen molar-refractivity contribution in [2.24, 2.45) is 5.73 Å². The van der Waals surface area contributed by atoms with Gasteiger partial charge in [-0.1, -0.05) is 55.5 Å². The Kier molecular flexibility index (Phi) is 10.2. The van der Waals surface area contributed by atoms with Gasteiger partial charge in [0.05, 0.1) is 5.75 Å². The molecule has 3 N–H and O–H groups in total. The van der Waals surface area contributed by atoms with Crippen LogP contribution in [0.25, 0.3) is 0 Å². The molecular formula is C19H32ClN5OS. The second-order valence-electron chi connectivity index (χ2n) is 7.08. The Morgan fingerprint density at radius 2 is 2.00 bits per heavy atom. The number of nitrogens with two attached hydrogens (primary N) is 1. The SMILES string of the molecule is CN(c1cc(Cl)nc(SCC(=O)NCCCCCCN)n1)C1CCCCC1. The van der Waals surface area contributed by atoms with Crippen LogP contribution in [0.15, 0.2) is 11.2 Å². The van der Waals surface area contributed by atoms with Gasteiger partial charge in [-0.15, -0.1) is 0 Å². The summed E-state index contributed by atoms with van der Waals surface area (Å²) in [6.45, 7) is 1.44. The van der Waals surface area contributed by atoms with Gasteiger partial charge in [-0.2, -0.15) is 0 Å². The smallest absolute Gasteiger partial charge is 0.230 e. The zero-order valence-corrected chi connectivity index (χ0v) is 17.8. The number of amides is 1. The number of halogens is 1. The quantitative estimate of drug-likeness (QED) is 0.249. The molecule has 1 saturated carbocycles. The van der Waals surface area contributed by atoms with Gasteiger partial charge in [-0.3, -0.25) is 4.79 Å². The summed E-state index contributed by atoms with van der Waals surface area (Å²) >= 11 is 7.52. The lowest BCUT2D eigenvalue weighted by Gasteiger charge is -2.32. The molecule has 6 nitrogen and oxygen atoms in total. The molecule has 0 aromatic carbocycles. The predicted molar refractivity (Wildman–Crippen MR) is 114 cm³/mol. The van der Waals surface area contributed by atoms with Crippen molar-refractivity contribution in [3.05, 3.63) is 11.2 Å². The lowest BCUT2D eigenvalue weighted by molar-refractivity contribution is -0.118. The van der Waals surface area contributed by atoms with Crippen molar-refractivity contribution in [1.82, 2.24) is 15.3 Å². The average molecular weight is 414 g/mol. The van der Waals surface area contributed by atoms with Gasteiger partial charge < -0.3 is 16.0 Å². The third kappa shape index (κ3) is 8.23. The Hall–Kier alpha value is -1.05. The van der Waals surface area contributed by atoms with Crippen LogP contribution in [0.5, 0.6) is 0 Å². The fraction of sp³-hybridized carbons (Fsp3) is 0.737. The maximum absolute atomic E-state index is 12.0. The zero-order chi connectivity index (χ0) is 19.5. The van der Waals surface area contributed by atoms with E-state index in [4.69, 9.17) is 17.3 Å². The van der Waals surface area contributed by atoms with Crippen LogP contribution in [0.4, 0.5) is 5.82 Å². The molecule has 0 spiro atoms. The van der Waals surface area contributed by atoms with Crippen molar-refractivity contribution in [3.63, 3.8) is 0 Å². The molecule has 1 heterocycles. The van der Waals surface area contributed by atoms with Crippen LogP contribution in [-0.4, -0.2) is 47.8 Å². The van der Waals surface area contributed by atoms with E-state index in [1.165, 1.54) is 43.9 Å². The Morgan fingerprint density at radius 1 is 1.26 bits per heavy atom. The number of aromatic nitrogens is 2. The summed E-state index contributed by atoms with van der Waals surface area (Å²) in [7, 11) is 2.07. The zero-order valence-electron chi connectivity index (χ0n) is 16.3. The number of carbonyl (C=O) groups excluding carboxylic acids is 1. The monoisotopic (exact) mass is 413 g/mol. The second kappa shape index (κ2) is 12.4. The van der Waals surface area contributed by atoms with Crippen LogP contribution in [0, 0.1) is 0 Å². The van der Waals surface area contributed by atoms with Gasteiger partial charge in [0, 0.05) is 25.7 Å². The fourth-order valence-corrected chi connectivity index (χ4v) is 4.23. The Morgan fingerprint density at radius 3 is 2.74 bits per heavy atom. The normalized spacial score (nSPS) is 14.9. The van der Waals surface area contributed by atoms with E-state index in [-0.39, 0.29) is 5.91 Å². The molecule has 1 aromatic heterocycles. The van der Waals surface area contributed by atoms with E-state index in [0.29, 0.717) is 28.6 Å². The van der Waals surface area contributed by atoms with Gasteiger partial charge in [-0.05, 0) is 32.2 Å². The van der Waals surface area contributed by atoms with Crippen LogP contribution in [0.2, 0.25) is 5.15 Å². The summed E-state index contributed by atoms with van der Waals surface area (Å²) in [6.07, 6.45) is 10.5. The van der Waals surface area contributed by atoms with Crippen molar-refractivity contribution >= 4 is 35.1 Å². The number of anilines is 1. The molecule has 1 aliphatic rings. The summed E-state index contributed by atoms with van der Waals surface area (Å²) in [5.41, 5.74) is 5.47. The van der Waals surface area contributed by atoms with Gasteiger partial charge in [0.25, 0.3) is 0 Å². The van der Waals surface area contributed by atoms with Crippen LogP contribution in [0.3, 0.4) is 0 Å². The van der Waals surface area contributed by atoms with Crippen molar-refractivity contribution in [2.75, 3.05) is 30.8 Å². The predicted octanol–water partition coefficient (Wildman–Crippen LogP) is 3.63. The number of unbranched alkanes of at least 4 members (excludes halogenated alkanes) is 3. The first-order valence-electron chi connectivity index (χ1n) is 9.97. The van der Waals surface area contributed by atoms with E-state index >= 15 is 0 Å². The average Bonchev–Trinajstić information content (AvgIpc) is 2.68. The molecule has 0 bridgehead atoms. The molecule has 0 aliphatic heterocycles. The summed E-state index contributed by atoms with van der Waals surface area (Å²) in [5.74, 6) is 1.14. The molecule has 0 unspecified atom stereocenters. The third-order valence-electron chi connectivity index (χ3n) is 4.93. The first kappa shape index (κ1) is 22.2. The number of nitrogens with one attached hydrogen (secondary N) is 1. The summed E-state index contributed by atoms with van der Waals surface area (Å²) in [6, 6.07) is 2.31. The molecular weight excluding hydrogens is 382 g/mol. The van der Waals surface area contributed by atoms with E-state index in [1.54, 1.807) is 0 Å². The highest BCUT2D eigenvalue weighted by molar-refractivity contribution is 7.99. The topological polar surface area (TPSA) is 84.1 Å². The number of carbonyl (C=O) groups is 1. The summed E-state index contributed by atoms with van der Waals surface area (Å²) < 4.78 is 0. The number of thioether (sulfide) groups is 1. The molecule has 152 valence electrons. The lowest BCUT2D eigenvalue weighted by atomic mass is 9.94. The van der Waals surface area contributed by atoms with Crippen molar-refractivity contribution in [2.45, 2.75) is 69.0 Å². The second-order valence-corrected chi connectivity index (χ2v) is 8.41. The minimum atomic E-state index is 0.00425. The van der Waals surface area contributed by atoms with Crippen molar-refractivity contribution < 1.29 is 4.79 Å². The molecule has 0 atom stereocenters. The fourth-order valence-electron chi connectivity index (χ4n) is 3.32. The molecule has 1 fully saturated rings. The number of nitrogens with zero attached hydrogens (tertiary/aromatic N) is 3. The van der Waals surface area contributed by atoms with Gasteiger partial charge in [0.1, 0.15) is 11.0 Å². The van der Waals surface area contributed by atoms with E-state index < -0.39 is 0 Å². The number of rotatable bonds is 11. The van der Waals surface area contributed by atoms with Crippen LogP contribution >= 0.6 is 23.4 Å². The molecule has 2 rings (SSSR count). The minimum absolute atomic E-state index is 0.00425. The molecule has 1 amide bonds. The van der Waals surface area contributed by atoms with Gasteiger partial charge in [-0.25, -0.2) is 9.97 Å². The number of hydrogen-bond donors (Lipinski definition) is 2. The largest absolute Gasteiger partial charge is 0.357 e. The molecule has 1 aromatic rings. The van der Waals surface area contributed by atoms with Gasteiger partial charge in [0.2, 0.25) is 5.91 Å². The maximum Gasteiger partial charge on any atom is 0.230 e. The third-order valence-corrected chi connectivity index (χ3v) is 5.97. The maximum atomic E-state index is 12.0. The highest BCUT2D eigenvalue weighted by Crippen LogP contribution is 2.27.